The van der Waals surface area contributed by atoms with Gasteiger partial charge in [0.25, 0.3) is 0 Å². The second-order valence-corrected chi connectivity index (χ2v) is 3.50. The predicted octanol–water partition coefficient (Wildman–Crippen LogP) is 3.01. The van der Waals surface area contributed by atoms with Crippen LogP contribution in [0, 0.1) is 6.92 Å². The van der Waals surface area contributed by atoms with E-state index in [0.29, 0.717) is 5.56 Å². The summed E-state index contributed by atoms with van der Waals surface area (Å²) in [4.78, 5) is 15.6. The maximum absolute atomic E-state index is 11.4. The first kappa shape index (κ1) is 10.1. The van der Waals surface area contributed by atoms with Crippen LogP contribution in [0.15, 0.2) is 30.5 Å². The summed E-state index contributed by atoms with van der Waals surface area (Å²) in [5.41, 5.74) is 2.18. The molecule has 0 atom stereocenters. The number of carbonyl (C=O) groups is 1. The lowest BCUT2D eigenvalue weighted by Crippen LogP contribution is -2.01. The molecule has 2 rings (SSSR count). The summed E-state index contributed by atoms with van der Waals surface area (Å²) in [7, 11) is 0. The molecule has 15 heavy (non-hydrogen) atoms. The van der Waals surface area contributed by atoms with Gasteiger partial charge < -0.3 is 3.83 Å². The number of pyridine rings is 1. The molecule has 0 spiro atoms. The molecule has 76 valence electrons. The summed E-state index contributed by atoms with van der Waals surface area (Å²) in [6.45, 7) is 1.86. The number of aromatic nitrogens is 1. The molecule has 0 aliphatic carbocycles. The van der Waals surface area contributed by atoms with Crippen LogP contribution >= 0.6 is 16.3 Å². The van der Waals surface area contributed by atoms with Gasteiger partial charge >= 0.3 is 5.97 Å². The fourth-order valence-electron chi connectivity index (χ4n) is 1.55. The Labute approximate surface area is 95.5 Å². The zero-order chi connectivity index (χ0) is 10.8. The molecule has 2 aromatic rings. The highest BCUT2D eigenvalue weighted by Gasteiger charge is 2.12. The Morgan fingerprint density at radius 2 is 2.20 bits per heavy atom. The van der Waals surface area contributed by atoms with Crippen LogP contribution in [0.25, 0.3) is 10.9 Å². The van der Waals surface area contributed by atoms with Crippen molar-refractivity contribution in [3.8, 4) is 0 Å². The highest BCUT2D eigenvalue weighted by atomic mass is 79.9. The van der Waals surface area contributed by atoms with Gasteiger partial charge in [0.1, 0.15) is 0 Å². The van der Waals surface area contributed by atoms with Gasteiger partial charge in [0.2, 0.25) is 0 Å². The van der Waals surface area contributed by atoms with E-state index in [4.69, 9.17) is 0 Å². The first-order valence-corrected chi connectivity index (χ1v) is 5.06. The summed E-state index contributed by atoms with van der Waals surface area (Å²) in [5.74, 6) is -0.403. The smallest absolute Gasteiger partial charge is 0.349 e. The Morgan fingerprint density at radius 1 is 1.40 bits per heavy atom. The molecule has 1 heterocycles. The second kappa shape index (κ2) is 3.98. The third-order valence-corrected chi connectivity index (χ3v) is 2.61. The molecule has 0 N–H and O–H groups in total. The number of benzene rings is 1. The Balaban J connectivity index is 2.70. The van der Waals surface area contributed by atoms with Crippen LogP contribution in [0.4, 0.5) is 0 Å². The van der Waals surface area contributed by atoms with Gasteiger partial charge in [0.15, 0.2) is 16.3 Å². The molecule has 3 nitrogen and oxygen atoms in total. The summed E-state index contributed by atoms with van der Waals surface area (Å²) in [6, 6.07) is 7.42. The van der Waals surface area contributed by atoms with Crippen LogP contribution in [-0.4, -0.2) is 11.0 Å². The number of rotatable bonds is 1. The summed E-state index contributed by atoms with van der Waals surface area (Å²) in [5, 5.41) is 1.01. The average molecular weight is 266 g/mol. The molecule has 0 fully saturated rings. The standard InChI is InChI=1S/C11H8BrNO2/c1-7-9(11(14)15-12)5-4-8-3-2-6-13-10(7)8/h2-6H,1H3. The number of hydrogen-bond donors (Lipinski definition) is 0. The normalized spacial score (nSPS) is 10.3. The van der Waals surface area contributed by atoms with Gasteiger partial charge in [-0.2, -0.15) is 0 Å². The van der Waals surface area contributed by atoms with E-state index in [1.54, 1.807) is 12.3 Å². The predicted molar refractivity (Wildman–Crippen MR) is 60.8 cm³/mol. The molecule has 0 radical (unpaired) electrons. The minimum atomic E-state index is -0.403. The monoisotopic (exact) mass is 265 g/mol. The number of carbonyl (C=O) groups excluding carboxylic acids is 1. The van der Waals surface area contributed by atoms with Gasteiger partial charge in [0, 0.05) is 11.6 Å². The van der Waals surface area contributed by atoms with Crippen LogP contribution in [0.5, 0.6) is 0 Å². The van der Waals surface area contributed by atoms with E-state index in [0.717, 1.165) is 16.5 Å². The van der Waals surface area contributed by atoms with Crippen molar-refractivity contribution in [1.82, 2.24) is 4.98 Å². The Morgan fingerprint density at radius 3 is 2.93 bits per heavy atom. The fourth-order valence-corrected chi connectivity index (χ4v) is 1.73. The highest BCUT2D eigenvalue weighted by Crippen LogP contribution is 2.20. The lowest BCUT2D eigenvalue weighted by molar-refractivity contribution is 0.0781. The van der Waals surface area contributed by atoms with Crippen LogP contribution < -0.4 is 0 Å². The third-order valence-electron chi connectivity index (χ3n) is 2.32. The van der Waals surface area contributed by atoms with Gasteiger partial charge in [-0.25, -0.2) is 4.79 Å². The number of fused-ring (bicyclic) bond motifs is 1. The van der Waals surface area contributed by atoms with E-state index >= 15 is 0 Å². The SMILES string of the molecule is Cc1c(C(=O)OBr)ccc2cccnc12. The quantitative estimate of drug-likeness (QED) is 0.796. The summed E-state index contributed by atoms with van der Waals surface area (Å²) >= 11 is 2.68. The minimum Gasteiger partial charge on any atom is -0.380 e. The molecule has 0 unspecified atom stereocenters. The maximum Gasteiger partial charge on any atom is 0.349 e. The molecule has 1 aromatic heterocycles. The molecular weight excluding hydrogens is 258 g/mol. The van der Waals surface area contributed by atoms with Gasteiger partial charge in [-0.15, -0.1) is 0 Å². The topological polar surface area (TPSA) is 39.2 Å². The van der Waals surface area contributed by atoms with Crippen LogP contribution in [0.3, 0.4) is 0 Å². The Bertz CT molecular complexity index is 525. The number of halogens is 1. The lowest BCUT2D eigenvalue weighted by Gasteiger charge is -2.05. The van der Waals surface area contributed by atoms with Crippen LogP contribution in [-0.2, 0) is 3.83 Å². The molecule has 0 saturated carbocycles. The summed E-state index contributed by atoms with van der Waals surface area (Å²) < 4.78 is 4.51. The number of hydrogen-bond acceptors (Lipinski definition) is 3. The molecule has 1 aromatic carbocycles. The van der Waals surface area contributed by atoms with Gasteiger partial charge in [-0.1, -0.05) is 12.1 Å². The molecule has 4 heteroatoms. The summed E-state index contributed by atoms with van der Waals surface area (Å²) in [6.07, 6.45) is 1.71. The Kier molecular flexibility index (Phi) is 2.68. The van der Waals surface area contributed by atoms with Crippen molar-refractivity contribution >= 4 is 33.1 Å². The molecule has 0 aliphatic rings. The van der Waals surface area contributed by atoms with Crippen molar-refractivity contribution in [2.75, 3.05) is 0 Å². The minimum absolute atomic E-state index is 0.403. The Hall–Kier alpha value is -1.42. The van der Waals surface area contributed by atoms with E-state index < -0.39 is 5.97 Å². The fraction of sp³-hybridized carbons (Fsp3) is 0.0909. The average Bonchev–Trinajstić information content (AvgIpc) is 2.29. The molecular formula is C11H8BrNO2. The lowest BCUT2D eigenvalue weighted by atomic mass is 10.0. The van der Waals surface area contributed by atoms with E-state index in [2.05, 4.69) is 25.1 Å². The van der Waals surface area contributed by atoms with E-state index in [1.165, 1.54) is 0 Å². The van der Waals surface area contributed by atoms with Crippen molar-refractivity contribution in [3.05, 3.63) is 41.6 Å². The number of aryl methyl sites for hydroxylation is 1. The maximum atomic E-state index is 11.4. The first-order valence-electron chi connectivity index (χ1n) is 4.41. The largest absolute Gasteiger partial charge is 0.380 e. The first-order chi connectivity index (χ1) is 7.24. The van der Waals surface area contributed by atoms with Gasteiger partial charge in [-0.3, -0.25) is 4.98 Å². The van der Waals surface area contributed by atoms with Crippen molar-refractivity contribution in [2.24, 2.45) is 0 Å². The zero-order valence-electron chi connectivity index (χ0n) is 8.03. The zero-order valence-corrected chi connectivity index (χ0v) is 9.61. The van der Waals surface area contributed by atoms with Crippen molar-refractivity contribution < 1.29 is 8.62 Å². The van der Waals surface area contributed by atoms with Crippen molar-refractivity contribution in [3.63, 3.8) is 0 Å². The second-order valence-electron chi connectivity index (χ2n) is 3.18. The molecule has 0 amide bonds. The van der Waals surface area contributed by atoms with E-state index in [-0.39, 0.29) is 0 Å². The van der Waals surface area contributed by atoms with Crippen LogP contribution in [0.1, 0.15) is 15.9 Å². The number of nitrogens with zero attached hydrogens (tertiary/aromatic N) is 1. The van der Waals surface area contributed by atoms with E-state index in [1.807, 2.05) is 25.1 Å². The molecule has 0 saturated heterocycles. The van der Waals surface area contributed by atoms with Crippen molar-refractivity contribution in [1.29, 1.82) is 0 Å². The highest BCUT2D eigenvalue weighted by molar-refractivity contribution is 9.06. The molecule has 0 aliphatic heterocycles. The van der Waals surface area contributed by atoms with Gasteiger partial charge in [-0.05, 0) is 24.6 Å². The van der Waals surface area contributed by atoms with Crippen molar-refractivity contribution in [2.45, 2.75) is 6.92 Å². The third kappa shape index (κ3) is 1.72. The van der Waals surface area contributed by atoms with E-state index in [9.17, 15) is 4.79 Å². The molecule has 0 bridgehead atoms. The van der Waals surface area contributed by atoms with Gasteiger partial charge in [0.05, 0.1) is 11.1 Å². The van der Waals surface area contributed by atoms with Crippen LogP contribution in [0.2, 0.25) is 0 Å².